The van der Waals surface area contributed by atoms with Crippen LogP contribution < -0.4 is 5.32 Å². The molecule has 4 rings (SSSR count). The topological polar surface area (TPSA) is 66.3 Å². The third-order valence-corrected chi connectivity index (χ3v) is 5.37. The number of amides is 1. The fourth-order valence-corrected chi connectivity index (χ4v) is 3.92. The van der Waals surface area contributed by atoms with E-state index in [-0.39, 0.29) is 5.91 Å². The van der Waals surface area contributed by atoms with E-state index in [1.54, 1.807) is 10.9 Å². The second kappa shape index (κ2) is 7.17. The number of nitrogens with zero attached hydrogens (tertiary/aromatic N) is 5. The lowest BCUT2D eigenvalue weighted by molar-refractivity contribution is 0.0583. The number of pyridine rings is 1. The van der Waals surface area contributed by atoms with E-state index in [1.807, 2.05) is 36.9 Å². The third kappa shape index (κ3) is 3.37. The summed E-state index contributed by atoms with van der Waals surface area (Å²) in [4.78, 5) is 21.7. The van der Waals surface area contributed by atoms with Crippen LogP contribution in [0.5, 0.6) is 0 Å². The predicted molar refractivity (Wildman–Crippen MR) is 99.6 cm³/mol. The van der Waals surface area contributed by atoms with Gasteiger partial charge in [-0.05, 0) is 45.0 Å². The Bertz CT molecular complexity index is 770. The number of hydrogen-bond acceptors (Lipinski definition) is 5. The highest BCUT2D eigenvalue weighted by atomic mass is 16.2. The molecule has 1 atom stereocenters. The summed E-state index contributed by atoms with van der Waals surface area (Å²) in [6.07, 6.45) is 2.88. The smallest absolute Gasteiger partial charge is 0.255 e. The predicted octanol–water partition coefficient (Wildman–Crippen LogP) is 1.00. The average Bonchev–Trinajstić information content (AvgIpc) is 3.31. The molecule has 1 unspecified atom stereocenters. The summed E-state index contributed by atoms with van der Waals surface area (Å²) >= 11 is 0. The van der Waals surface area contributed by atoms with Crippen LogP contribution in [-0.2, 0) is 0 Å². The first kappa shape index (κ1) is 17.2. The van der Waals surface area contributed by atoms with Gasteiger partial charge in [0.15, 0.2) is 5.82 Å². The highest BCUT2D eigenvalue weighted by molar-refractivity contribution is 5.94. The van der Waals surface area contributed by atoms with Gasteiger partial charge in [-0.1, -0.05) is 0 Å². The third-order valence-electron chi connectivity index (χ3n) is 5.37. The Morgan fingerprint density at radius 3 is 2.58 bits per heavy atom. The quantitative estimate of drug-likeness (QED) is 0.891. The van der Waals surface area contributed by atoms with Crippen LogP contribution in [0.1, 0.15) is 28.2 Å². The fraction of sp³-hybridized carbons (Fsp3) is 0.526. The maximum absolute atomic E-state index is 12.8. The van der Waals surface area contributed by atoms with Gasteiger partial charge in [0.2, 0.25) is 0 Å². The van der Waals surface area contributed by atoms with Crippen molar-refractivity contribution in [1.29, 1.82) is 0 Å². The standard InChI is InChI=1S/C19H26N6O/c1-14-11-15(2)25(22-14)18-4-3-16(12-21-18)19(26)24-9-7-23(8-10-24)17-5-6-20-13-17/h3-4,11-12,17,20H,5-10,13H2,1-2H3. The highest BCUT2D eigenvalue weighted by Crippen LogP contribution is 2.15. The molecule has 2 aliphatic rings. The number of aryl methyl sites for hydroxylation is 2. The second-order valence-electron chi connectivity index (χ2n) is 7.22. The van der Waals surface area contributed by atoms with Gasteiger partial charge in [0.1, 0.15) is 0 Å². The molecule has 4 heterocycles. The summed E-state index contributed by atoms with van der Waals surface area (Å²) < 4.78 is 1.80. The van der Waals surface area contributed by atoms with Crippen molar-refractivity contribution in [1.82, 2.24) is 29.9 Å². The minimum Gasteiger partial charge on any atom is -0.336 e. The Hall–Kier alpha value is -2.25. The highest BCUT2D eigenvalue weighted by Gasteiger charge is 2.28. The van der Waals surface area contributed by atoms with Crippen LogP contribution in [0, 0.1) is 13.8 Å². The Labute approximate surface area is 154 Å². The summed E-state index contributed by atoms with van der Waals surface area (Å²) in [6, 6.07) is 6.37. The Morgan fingerprint density at radius 2 is 2.00 bits per heavy atom. The molecular formula is C19H26N6O. The number of rotatable bonds is 3. The van der Waals surface area contributed by atoms with Crippen molar-refractivity contribution in [2.75, 3.05) is 39.3 Å². The monoisotopic (exact) mass is 354 g/mol. The van der Waals surface area contributed by atoms with E-state index in [0.29, 0.717) is 11.6 Å². The van der Waals surface area contributed by atoms with Crippen molar-refractivity contribution in [3.63, 3.8) is 0 Å². The van der Waals surface area contributed by atoms with E-state index in [4.69, 9.17) is 0 Å². The molecule has 7 nitrogen and oxygen atoms in total. The zero-order chi connectivity index (χ0) is 18.1. The lowest BCUT2D eigenvalue weighted by Gasteiger charge is -2.37. The maximum atomic E-state index is 12.8. The van der Waals surface area contributed by atoms with Gasteiger partial charge in [0.05, 0.1) is 11.3 Å². The van der Waals surface area contributed by atoms with Crippen LogP contribution in [-0.4, -0.2) is 75.8 Å². The van der Waals surface area contributed by atoms with Gasteiger partial charge in [-0.25, -0.2) is 9.67 Å². The number of nitrogens with one attached hydrogen (secondary N) is 1. The number of carbonyl (C=O) groups excluding carboxylic acids is 1. The first-order chi connectivity index (χ1) is 12.6. The Kier molecular flexibility index (Phi) is 4.74. The van der Waals surface area contributed by atoms with Gasteiger partial charge in [0.25, 0.3) is 5.91 Å². The van der Waals surface area contributed by atoms with Gasteiger partial charge < -0.3 is 10.2 Å². The lowest BCUT2D eigenvalue weighted by Crippen LogP contribution is -2.52. The van der Waals surface area contributed by atoms with Crippen molar-refractivity contribution >= 4 is 5.91 Å². The molecule has 2 aromatic rings. The minimum atomic E-state index is 0.0709. The summed E-state index contributed by atoms with van der Waals surface area (Å²) in [5.74, 6) is 0.812. The molecular weight excluding hydrogens is 328 g/mol. The fourth-order valence-electron chi connectivity index (χ4n) is 3.92. The van der Waals surface area contributed by atoms with Crippen molar-refractivity contribution in [2.45, 2.75) is 26.3 Å². The van der Waals surface area contributed by atoms with Gasteiger partial charge in [0, 0.05) is 50.7 Å². The van der Waals surface area contributed by atoms with Crippen LogP contribution in [0.25, 0.3) is 5.82 Å². The molecule has 7 heteroatoms. The van der Waals surface area contributed by atoms with Crippen LogP contribution >= 0.6 is 0 Å². The molecule has 0 bridgehead atoms. The van der Waals surface area contributed by atoms with Crippen LogP contribution in [0.4, 0.5) is 0 Å². The van der Waals surface area contributed by atoms with Crippen LogP contribution in [0.15, 0.2) is 24.4 Å². The Balaban J connectivity index is 1.40. The summed E-state index contributed by atoms with van der Waals surface area (Å²) in [5, 5.41) is 7.86. The lowest BCUT2D eigenvalue weighted by atomic mass is 10.1. The van der Waals surface area contributed by atoms with Gasteiger partial charge in [-0.15, -0.1) is 0 Å². The molecule has 0 aliphatic carbocycles. The van der Waals surface area contributed by atoms with E-state index >= 15 is 0 Å². The van der Waals surface area contributed by atoms with Gasteiger partial charge in [-0.3, -0.25) is 9.69 Å². The van der Waals surface area contributed by atoms with Gasteiger partial charge in [-0.2, -0.15) is 5.10 Å². The minimum absolute atomic E-state index is 0.0709. The zero-order valence-electron chi connectivity index (χ0n) is 15.5. The van der Waals surface area contributed by atoms with E-state index in [0.717, 1.165) is 56.5 Å². The molecule has 2 saturated heterocycles. The number of aromatic nitrogens is 3. The van der Waals surface area contributed by atoms with Crippen molar-refractivity contribution < 1.29 is 4.79 Å². The van der Waals surface area contributed by atoms with Crippen molar-refractivity contribution in [3.8, 4) is 5.82 Å². The molecule has 2 fully saturated rings. The van der Waals surface area contributed by atoms with Crippen LogP contribution in [0.3, 0.4) is 0 Å². The van der Waals surface area contributed by atoms with Gasteiger partial charge >= 0.3 is 0 Å². The maximum Gasteiger partial charge on any atom is 0.255 e. The molecule has 0 saturated carbocycles. The molecule has 1 N–H and O–H groups in total. The first-order valence-corrected chi connectivity index (χ1v) is 9.35. The van der Waals surface area contributed by atoms with E-state index in [2.05, 4.69) is 20.3 Å². The normalized spacial score (nSPS) is 21.3. The average molecular weight is 354 g/mol. The molecule has 1 amide bonds. The number of carbonyl (C=O) groups is 1. The van der Waals surface area contributed by atoms with E-state index in [1.165, 1.54) is 6.42 Å². The summed E-state index contributed by atoms with van der Waals surface area (Å²) in [7, 11) is 0. The summed E-state index contributed by atoms with van der Waals surface area (Å²) in [6.45, 7) is 9.62. The van der Waals surface area contributed by atoms with Crippen LogP contribution in [0.2, 0.25) is 0 Å². The first-order valence-electron chi connectivity index (χ1n) is 9.35. The summed E-state index contributed by atoms with van der Waals surface area (Å²) in [5.41, 5.74) is 2.64. The molecule has 0 radical (unpaired) electrons. The zero-order valence-corrected chi connectivity index (χ0v) is 15.5. The molecule has 0 aromatic carbocycles. The SMILES string of the molecule is Cc1cc(C)n(-c2ccc(C(=O)N3CCN(C4CCNC4)CC3)cn2)n1. The molecule has 0 spiro atoms. The van der Waals surface area contributed by atoms with Crippen molar-refractivity contribution in [2.24, 2.45) is 0 Å². The Morgan fingerprint density at radius 1 is 1.19 bits per heavy atom. The largest absolute Gasteiger partial charge is 0.336 e. The molecule has 2 aromatic heterocycles. The molecule has 138 valence electrons. The second-order valence-corrected chi connectivity index (χ2v) is 7.22. The van der Waals surface area contributed by atoms with E-state index < -0.39 is 0 Å². The van der Waals surface area contributed by atoms with Crippen molar-refractivity contribution in [3.05, 3.63) is 41.3 Å². The molecule has 2 aliphatic heterocycles. The number of hydrogen-bond donors (Lipinski definition) is 1. The molecule has 26 heavy (non-hydrogen) atoms. The number of piperazine rings is 1. The van der Waals surface area contributed by atoms with E-state index in [9.17, 15) is 4.79 Å².